The van der Waals surface area contributed by atoms with Crippen LogP contribution in [0, 0.1) is 0 Å². The van der Waals surface area contributed by atoms with Crippen LogP contribution < -0.4 is 0 Å². The van der Waals surface area contributed by atoms with Gasteiger partial charge in [0.25, 0.3) is 0 Å². The van der Waals surface area contributed by atoms with Crippen molar-refractivity contribution in [3.05, 3.63) is 0 Å². The van der Waals surface area contributed by atoms with Crippen molar-refractivity contribution in [1.82, 2.24) is 4.90 Å². The third-order valence-corrected chi connectivity index (χ3v) is 3.47. The highest BCUT2D eigenvalue weighted by Gasteiger charge is 2.39. The number of hydrogen-bond donors (Lipinski definition) is 1. The van der Waals surface area contributed by atoms with Crippen molar-refractivity contribution in [3.8, 4) is 0 Å². The first-order chi connectivity index (χ1) is 7.20. The molecule has 0 aromatic carbocycles. The number of hydrogen-bond acceptors (Lipinski definition) is 3. The Hall–Kier alpha value is -0.610. The average molecular weight is 213 g/mol. The predicted molar refractivity (Wildman–Crippen MR) is 55.8 cm³/mol. The number of carboxylic acids is 1. The van der Waals surface area contributed by atoms with Crippen molar-refractivity contribution in [2.45, 2.75) is 37.7 Å². The summed E-state index contributed by atoms with van der Waals surface area (Å²) in [5.41, 5.74) is 0.0662. The highest BCUT2D eigenvalue weighted by atomic mass is 16.5. The van der Waals surface area contributed by atoms with Crippen LogP contribution >= 0.6 is 0 Å². The Labute approximate surface area is 90.2 Å². The van der Waals surface area contributed by atoms with Crippen LogP contribution in [0.3, 0.4) is 0 Å². The van der Waals surface area contributed by atoms with Crippen molar-refractivity contribution in [2.24, 2.45) is 0 Å². The zero-order valence-corrected chi connectivity index (χ0v) is 9.07. The fourth-order valence-electron chi connectivity index (χ4n) is 2.60. The van der Waals surface area contributed by atoms with Gasteiger partial charge < -0.3 is 9.84 Å². The molecule has 0 aromatic heterocycles. The van der Waals surface area contributed by atoms with E-state index in [0.717, 1.165) is 32.5 Å². The summed E-state index contributed by atoms with van der Waals surface area (Å²) < 4.78 is 5.87. The number of aliphatic carboxylic acids is 1. The summed E-state index contributed by atoms with van der Waals surface area (Å²) in [6.07, 6.45) is 4.91. The van der Waals surface area contributed by atoms with Gasteiger partial charge in [0, 0.05) is 26.2 Å². The summed E-state index contributed by atoms with van der Waals surface area (Å²) in [7, 11) is 0. The second-order valence-electron chi connectivity index (χ2n) is 4.66. The second kappa shape index (κ2) is 4.49. The number of carbonyl (C=O) groups is 1. The van der Waals surface area contributed by atoms with Gasteiger partial charge in [-0.3, -0.25) is 9.69 Å². The largest absolute Gasteiger partial charge is 0.481 e. The van der Waals surface area contributed by atoms with Gasteiger partial charge in [0.2, 0.25) is 0 Å². The average Bonchev–Trinajstić information content (AvgIpc) is 2.60. The number of likely N-dealkylation sites (tertiary alicyclic amines) is 1. The number of rotatable bonds is 3. The van der Waals surface area contributed by atoms with Gasteiger partial charge in [0.15, 0.2) is 0 Å². The van der Waals surface area contributed by atoms with Gasteiger partial charge in [-0.25, -0.2) is 0 Å². The van der Waals surface area contributed by atoms with E-state index in [9.17, 15) is 4.79 Å². The molecule has 1 N–H and O–H groups in total. The molecule has 2 aliphatic heterocycles. The lowest BCUT2D eigenvalue weighted by Crippen LogP contribution is -2.39. The topological polar surface area (TPSA) is 49.8 Å². The molecule has 0 aromatic rings. The van der Waals surface area contributed by atoms with E-state index in [1.54, 1.807) is 0 Å². The molecule has 15 heavy (non-hydrogen) atoms. The van der Waals surface area contributed by atoms with Crippen LogP contribution in [-0.4, -0.2) is 47.8 Å². The van der Waals surface area contributed by atoms with E-state index in [1.165, 1.54) is 12.8 Å². The number of carboxylic acid groups (broad SMARTS) is 1. The molecular formula is C11H19NO3. The van der Waals surface area contributed by atoms with Crippen LogP contribution in [0.4, 0.5) is 0 Å². The van der Waals surface area contributed by atoms with E-state index in [0.29, 0.717) is 6.54 Å². The third kappa shape index (κ3) is 2.69. The van der Waals surface area contributed by atoms with E-state index in [-0.39, 0.29) is 12.0 Å². The van der Waals surface area contributed by atoms with Crippen molar-refractivity contribution in [3.63, 3.8) is 0 Å². The fraction of sp³-hybridized carbons (Fsp3) is 0.909. The number of ether oxygens (including phenoxy) is 1. The Morgan fingerprint density at radius 2 is 2.27 bits per heavy atom. The minimum Gasteiger partial charge on any atom is -0.481 e. The van der Waals surface area contributed by atoms with Crippen LogP contribution in [0.2, 0.25) is 0 Å². The molecule has 0 saturated carbocycles. The summed E-state index contributed by atoms with van der Waals surface area (Å²) in [5, 5.41) is 8.62. The summed E-state index contributed by atoms with van der Waals surface area (Å²) >= 11 is 0. The molecule has 0 aliphatic carbocycles. The van der Waals surface area contributed by atoms with Gasteiger partial charge >= 0.3 is 5.97 Å². The zero-order chi connectivity index (χ0) is 10.7. The monoisotopic (exact) mass is 213 g/mol. The summed E-state index contributed by atoms with van der Waals surface area (Å²) in [6, 6.07) is 0. The summed E-state index contributed by atoms with van der Waals surface area (Å²) in [5.74, 6) is -0.708. The van der Waals surface area contributed by atoms with E-state index >= 15 is 0 Å². The van der Waals surface area contributed by atoms with E-state index < -0.39 is 5.97 Å². The van der Waals surface area contributed by atoms with Crippen LogP contribution in [-0.2, 0) is 9.53 Å². The first-order valence-corrected chi connectivity index (χ1v) is 5.78. The van der Waals surface area contributed by atoms with Crippen molar-refractivity contribution < 1.29 is 14.6 Å². The van der Waals surface area contributed by atoms with Gasteiger partial charge in [-0.15, -0.1) is 0 Å². The highest BCUT2D eigenvalue weighted by Crippen LogP contribution is 2.33. The Morgan fingerprint density at radius 1 is 1.40 bits per heavy atom. The van der Waals surface area contributed by atoms with E-state index in [1.807, 2.05) is 0 Å². The van der Waals surface area contributed by atoms with Crippen molar-refractivity contribution in [2.75, 3.05) is 26.2 Å². The van der Waals surface area contributed by atoms with Gasteiger partial charge in [0.1, 0.15) is 0 Å². The smallest absolute Gasteiger partial charge is 0.304 e. The number of nitrogens with zero attached hydrogens (tertiary/aromatic N) is 1. The van der Waals surface area contributed by atoms with Crippen molar-refractivity contribution in [1.29, 1.82) is 0 Å². The maximum Gasteiger partial charge on any atom is 0.304 e. The SMILES string of the molecule is O=C(O)CCN1CC[C@]2(CCCCO2)C1. The van der Waals surface area contributed by atoms with Gasteiger partial charge in [0.05, 0.1) is 12.0 Å². The highest BCUT2D eigenvalue weighted by molar-refractivity contribution is 5.66. The maximum atomic E-state index is 10.5. The second-order valence-corrected chi connectivity index (χ2v) is 4.66. The fourth-order valence-corrected chi connectivity index (χ4v) is 2.60. The molecular weight excluding hydrogens is 194 g/mol. The van der Waals surface area contributed by atoms with Crippen LogP contribution in [0.15, 0.2) is 0 Å². The Balaban J connectivity index is 1.80. The predicted octanol–water partition coefficient (Wildman–Crippen LogP) is 1.11. The molecule has 2 fully saturated rings. The minimum absolute atomic E-state index is 0.0662. The Morgan fingerprint density at radius 3 is 2.93 bits per heavy atom. The molecule has 2 aliphatic rings. The lowest BCUT2D eigenvalue weighted by Gasteiger charge is -2.33. The quantitative estimate of drug-likeness (QED) is 0.763. The minimum atomic E-state index is -0.708. The normalized spacial score (nSPS) is 32.3. The first-order valence-electron chi connectivity index (χ1n) is 5.78. The molecule has 4 heteroatoms. The Kier molecular flexibility index (Phi) is 3.26. The molecule has 0 radical (unpaired) electrons. The van der Waals surface area contributed by atoms with Gasteiger partial charge in [-0.05, 0) is 25.7 Å². The maximum absolute atomic E-state index is 10.5. The molecule has 4 nitrogen and oxygen atoms in total. The van der Waals surface area contributed by atoms with Crippen molar-refractivity contribution >= 4 is 5.97 Å². The molecule has 2 rings (SSSR count). The lowest BCUT2D eigenvalue weighted by atomic mass is 9.93. The lowest BCUT2D eigenvalue weighted by molar-refractivity contribution is -0.137. The van der Waals surface area contributed by atoms with E-state index in [4.69, 9.17) is 9.84 Å². The Bertz CT molecular complexity index is 236. The zero-order valence-electron chi connectivity index (χ0n) is 9.07. The van der Waals surface area contributed by atoms with Crippen LogP contribution in [0.1, 0.15) is 32.1 Å². The van der Waals surface area contributed by atoms with Gasteiger partial charge in [-0.1, -0.05) is 0 Å². The van der Waals surface area contributed by atoms with Crippen LogP contribution in [0.5, 0.6) is 0 Å². The third-order valence-electron chi connectivity index (χ3n) is 3.47. The standard InChI is InChI=1S/C11H19NO3/c13-10(14)3-6-12-7-5-11(9-12)4-1-2-8-15-11/h1-9H2,(H,13,14)/t11-/m1/s1. The molecule has 2 heterocycles. The van der Waals surface area contributed by atoms with E-state index in [2.05, 4.69) is 4.90 Å². The molecule has 1 spiro atoms. The van der Waals surface area contributed by atoms with Gasteiger partial charge in [-0.2, -0.15) is 0 Å². The summed E-state index contributed by atoms with van der Waals surface area (Å²) in [6.45, 7) is 3.47. The molecule has 1 atom stereocenters. The summed E-state index contributed by atoms with van der Waals surface area (Å²) in [4.78, 5) is 12.7. The molecule has 0 bridgehead atoms. The molecule has 0 amide bonds. The molecule has 2 saturated heterocycles. The van der Waals surface area contributed by atoms with Crippen LogP contribution in [0.25, 0.3) is 0 Å². The molecule has 86 valence electrons. The molecule has 0 unspecified atom stereocenters. The first kappa shape index (κ1) is 10.9.